The Morgan fingerprint density at radius 1 is 1.38 bits per heavy atom. The van der Waals surface area contributed by atoms with E-state index in [2.05, 4.69) is 4.74 Å². The number of benzene rings is 1. The molecule has 3 nitrogen and oxygen atoms in total. The predicted molar refractivity (Wildman–Crippen MR) is 58.6 cm³/mol. The van der Waals surface area contributed by atoms with Gasteiger partial charge in [0.1, 0.15) is 0 Å². The van der Waals surface area contributed by atoms with Crippen LogP contribution in [0.25, 0.3) is 6.08 Å². The van der Waals surface area contributed by atoms with Gasteiger partial charge in [0.15, 0.2) is 11.6 Å². The minimum Gasteiger partial charge on any atom is -0.494 e. The van der Waals surface area contributed by atoms with Gasteiger partial charge in [0.05, 0.1) is 14.2 Å². The standard InChI is InChI=1S/C12H13FO3/c1-8(12(14)16-3)6-9-4-5-10(13)11(7-9)15-2/h4-7H,1-3H3/b8-6+. The van der Waals surface area contributed by atoms with Gasteiger partial charge >= 0.3 is 5.97 Å². The van der Waals surface area contributed by atoms with Crippen molar-refractivity contribution in [3.63, 3.8) is 0 Å². The van der Waals surface area contributed by atoms with Gasteiger partial charge in [0.2, 0.25) is 0 Å². The lowest BCUT2D eigenvalue weighted by Gasteiger charge is -2.03. The molecule has 16 heavy (non-hydrogen) atoms. The second-order valence-corrected chi connectivity index (χ2v) is 3.21. The Bertz CT molecular complexity index is 424. The smallest absolute Gasteiger partial charge is 0.333 e. The van der Waals surface area contributed by atoms with E-state index in [9.17, 15) is 9.18 Å². The van der Waals surface area contributed by atoms with Crippen molar-refractivity contribution in [1.82, 2.24) is 0 Å². The summed E-state index contributed by atoms with van der Waals surface area (Å²) in [6.07, 6.45) is 1.60. The molecular formula is C12H13FO3. The summed E-state index contributed by atoms with van der Waals surface area (Å²) in [5, 5.41) is 0. The van der Waals surface area contributed by atoms with E-state index in [4.69, 9.17) is 4.74 Å². The number of carbonyl (C=O) groups is 1. The Hall–Kier alpha value is -1.84. The summed E-state index contributed by atoms with van der Waals surface area (Å²) in [4.78, 5) is 11.1. The third-order valence-electron chi connectivity index (χ3n) is 2.07. The number of esters is 1. The number of hydrogen-bond donors (Lipinski definition) is 0. The van der Waals surface area contributed by atoms with Gasteiger partial charge in [-0.25, -0.2) is 9.18 Å². The van der Waals surface area contributed by atoms with Crippen molar-refractivity contribution in [2.24, 2.45) is 0 Å². The maximum Gasteiger partial charge on any atom is 0.333 e. The van der Waals surface area contributed by atoms with Crippen LogP contribution < -0.4 is 4.74 Å². The molecule has 0 heterocycles. The zero-order valence-electron chi connectivity index (χ0n) is 9.41. The Labute approximate surface area is 93.5 Å². The van der Waals surface area contributed by atoms with Crippen LogP contribution in [-0.4, -0.2) is 20.2 Å². The normalized spacial score (nSPS) is 11.1. The van der Waals surface area contributed by atoms with Gasteiger partial charge in [-0.1, -0.05) is 6.07 Å². The molecule has 0 aliphatic carbocycles. The average Bonchev–Trinajstić information content (AvgIpc) is 2.30. The first-order chi connectivity index (χ1) is 7.58. The third kappa shape index (κ3) is 2.82. The topological polar surface area (TPSA) is 35.5 Å². The summed E-state index contributed by atoms with van der Waals surface area (Å²) in [6, 6.07) is 4.36. The molecule has 1 aromatic carbocycles. The van der Waals surface area contributed by atoms with Crippen molar-refractivity contribution < 1.29 is 18.7 Å². The molecule has 0 aromatic heterocycles. The van der Waals surface area contributed by atoms with E-state index >= 15 is 0 Å². The van der Waals surface area contributed by atoms with Gasteiger partial charge in [0.25, 0.3) is 0 Å². The molecule has 0 fully saturated rings. The van der Waals surface area contributed by atoms with E-state index in [0.29, 0.717) is 11.1 Å². The highest BCUT2D eigenvalue weighted by Gasteiger charge is 2.05. The van der Waals surface area contributed by atoms with Crippen LogP contribution in [0, 0.1) is 5.82 Å². The lowest BCUT2D eigenvalue weighted by molar-refractivity contribution is -0.135. The quantitative estimate of drug-likeness (QED) is 0.584. The zero-order chi connectivity index (χ0) is 12.1. The Balaban J connectivity index is 3.02. The fraction of sp³-hybridized carbons (Fsp3) is 0.250. The number of halogens is 1. The van der Waals surface area contributed by atoms with E-state index in [1.54, 1.807) is 19.1 Å². The predicted octanol–water partition coefficient (Wildman–Crippen LogP) is 2.41. The molecule has 0 aliphatic heterocycles. The van der Waals surface area contributed by atoms with Gasteiger partial charge in [-0.15, -0.1) is 0 Å². The number of rotatable bonds is 3. The van der Waals surface area contributed by atoms with Crippen LogP contribution in [-0.2, 0) is 9.53 Å². The monoisotopic (exact) mass is 224 g/mol. The summed E-state index contributed by atoms with van der Waals surface area (Å²) < 4.78 is 22.5. The van der Waals surface area contributed by atoms with Gasteiger partial charge in [-0.2, -0.15) is 0 Å². The zero-order valence-corrected chi connectivity index (χ0v) is 9.41. The van der Waals surface area contributed by atoms with Gasteiger partial charge < -0.3 is 9.47 Å². The highest BCUT2D eigenvalue weighted by molar-refractivity contribution is 5.92. The van der Waals surface area contributed by atoms with E-state index < -0.39 is 11.8 Å². The van der Waals surface area contributed by atoms with Crippen LogP contribution in [0.1, 0.15) is 12.5 Å². The van der Waals surface area contributed by atoms with E-state index in [1.165, 1.54) is 26.4 Å². The molecule has 86 valence electrons. The number of carbonyl (C=O) groups excluding carboxylic acids is 1. The minimum absolute atomic E-state index is 0.145. The van der Waals surface area contributed by atoms with Crippen molar-refractivity contribution in [3.8, 4) is 5.75 Å². The first-order valence-electron chi connectivity index (χ1n) is 4.68. The summed E-state index contributed by atoms with van der Waals surface area (Å²) in [5.74, 6) is -0.704. The molecule has 0 unspecified atom stereocenters. The molecule has 4 heteroatoms. The van der Waals surface area contributed by atoms with Crippen LogP contribution >= 0.6 is 0 Å². The molecule has 0 saturated heterocycles. The Kier molecular flexibility index (Phi) is 4.05. The molecule has 0 atom stereocenters. The maximum atomic E-state index is 13.1. The summed E-state index contributed by atoms with van der Waals surface area (Å²) in [6.45, 7) is 1.63. The molecule has 0 N–H and O–H groups in total. The second-order valence-electron chi connectivity index (χ2n) is 3.21. The fourth-order valence-electron chi connectivity index (χ4n) is 1.24. The largest absolute Gasteiger partial charge is 0.494 e. The first-order valence-corrected chi connectivity index (χ1v) is 4.68. The van der Waals surface area contributed by atoms with E-state index in [1.807, 2.05) is 0 Å². The van der Waals surface area contributed by atoms with Crippen LogP contribution in [0.15, 0.2) is 23.8 Å². The van der Waals surface area contributed by atoms with Crippen molar-refractivity contribution in [3.05, 3.63) is 35.2 Å². The van der Waals surface area contributed by atoms with Crippen LogP contribution in [0.2, 0.25) is 0 Å². The molecule has 0 spiro atoms. The third-order valence-corrected chi connectivity index (χ3v) is 2.07. The Morgan fingerprint density at radius 3 is 2.62 bits per heavy atom. The maximum absolute atomic E-state index is 13.1. The lowest BCUT2D eigenvalue weighted by atomic mass is 10.1. The number of hydrogen-bond acceptors (Lipinski definition) is 3. The Morgan fingerprint density at radius 2 is 2.06 bits per heavy atom. The van der Waals surface area contributed by atoms with E-state index in [-0.39, 0.29) is 5.75 Å². The van der Waals surface area contributed by atoms with Crippen molar-refractivity contribution >= 4 is 12.0 Å². The summed E-state index contributed by atoms with van der Waals surface area (Å²) in [5.41, 5.74) is 1.12. The van der Waals surface area contributed by atoms with Gasteiger partial charge in [0, 0.05) is 5.57 Å². The first kappa shape index (κ1) is 12.2. The van der Waals surface area contributed by atoms with Crippen molar-refractivity contribution in [2.45, 2.75) is 6.92 Å². The number of methoxy groups -OCH3 is 2. The SMILES string of the molecule is COC(=O)/C(C)=C/c1ccc(F)c(OC)c1. The summed E-state index contributed by atoms with van der Waals surface area (Å²) in [7, 11) is 2.70. The van der Waals surface area contributed by atoms with Crippen LogP contribution in [0.4, 0.5) is 4.39 Å². The van der Waals surface area contributed by atoms with Gasteiger partial charge in [-0.05, 0) is 30.7 Å². The molecule has 0 radical (unpaired) electrons. The molecule has 1 rings (SSSR count). The molecule has 1 aromatic rings. The van der Waals surface area contributed by atoms with Crippen molar-refractivity contribution in [2.75, 3.05) is 14.2 Å². The molecule has 0 amide bonds. The van der Waals surface area contributed by atoms with Gasteiger partial charge in [-0.3, -0.25) is 0 Å². The lowest BCUT2D eigenvalue weighted by Crippen LogP contribution is -2.01. The molecular weight excluding hydrogens is 211 g/mol. The van der Waals surface area contributed by atoms with Crippen LogP contribution in [0.5, 0.6) is 5.75 Å². The molecule has 0 saturated carbocycles. The average molecular weight is 224 g/mol. The second kappa shape index (κ2) is 5.30. The highest BCUT2D eigenvalue weighted by atomic mass is 19.1. The number of ether oxygens (including phenoxy) is 2. The fourth-order valence-corrected chi connectivity index (χ4v) is 1.24. The minimum atomic E-state index is -0.435. The summed E-state index contributed by atoms with van der Waals surface area (Å²) >= 11 is 0. The van der Waals surface area contributed by atoms with Crippen molar-refractivity contribution in [1.29, 1.82) is 0 Å². The molecule has 0 aliphatic rings. The van der Waals surface area contributed by atoms with Crippen LogP contribution in [0.3, 0.4) is 0 Å². The highest BCUT2D eigenvalue weighted by Crippen LogP contribution is 2.20. The van der Waals surface area contributed by atoms with E-state index in [0.717, 1.165) is 0 Å². The molecule has 0 bridgehead atoms.